The molecule has 2 rings (SSSR count). The zero-order valence-corrected chi connectivity index (χ0v) is 16.7. The molecule has 1 aliphatic carbocycles. The van der Waals surface area contributed by atoms with Gasteiger partial charge in [-0.2, -0.15) is 0 Å². The topological polar surface area (TPSA) is 21.7 Å². The van der Waals surface area contributed by atoms with Crippen LogP contribution < -0.4 is 4.46 Å². The fraction of sp³-hybridized carbons (Fsp3) is 0.684. The van der Waals surface area contributed by atoms with Crippen LogP contribution in [0.25, 0.3) is 0 Å². The predicted octanol–water partition coefficient (Wildman–Crippen LogP) is 3.38. The van der Waals surface area contributed by atoms with Gasteiger partial charge in [0.25, 0.3) is 0 Å². The van der Waals surface area contributed by atoms with Crippen molar-refractivity contribution in [3.05, 3.63) is 29.8 Å². The zero-order valence-electron chi connectivity index (χ0n) is 15.0. The van der Waals surface area contributed by atoms with E-state index >= 15 is 0 Å². The first kappa shape index (κ1) is 19.0. The average Bonchev–Trinajstić information content (AvgIpc) is 2.59. The molecule has 0 aliphatic heterocycles. The molecule has 0 bridgehead atoms. The Morgan fingerprint density at radius 1 is 1.17 bits per heavy atom. The van der Waals surface area contributed by atoms with E-state index in [1.54, 1.807) is 7.11 Å². The number of hydrogen-bond donors (Lipinski definition) is 0. The van der Waals surface area contributed by atoms with E-state index < -0.39 is 0 Å². The molecular formula is C19H31NO2Se. The van der Waals surface area contributed by atoms with Gasteiger partial charge in [-0.3, -0.25) is 0 Å². The number of methoxy groups -OCH3 is 1. The molecule has 2 atom stereocenters. The summed E-state index contributed by atoms with van der Waals surface area (Å²) in [4.78, 5) is 2.27. The quantitative estimate of drug-likeness (QED) is 0.507. The first-order chi connectivity index (χ1) is 11.1. The Bertz CT molecular complexity index is 460. The molecule has 0 amide bonds. The molecule has 130 valence electrons. The number of ether oxygens (including phenoxy) is 2. The molecule has 3 nitrogen and oxygen atoms in total. The summed E-state index contributed by atoms with van der Waals surface area (Å²) in [5.74, 6) is 0. The van der Waals surface area contributed by atoms with Gasteiger partial charge in [0.1, 0.15) is 0 Å². The Morgan fingerprint density at radius 3 is 2.52 bits per heavy atom. The molecule has 0 saturated heterocycles. The molecule has 0 heterocycles. The third kappa shape index (κ3) is 5.88. The molecular weight excluding hydrogens is 353 g/mol. The molecule has 1 aromatic carbocycles. The standard InChI is InChI=1S/C19H31NO2Se/c1-15(20(2)3)17-12-8-9-13-18(17)23-14-19(21-4)22-16-10-6-5-7-11-16/h8-9,12-13,15-16,19H,5-7,10-11,14H2,1-4H3/t15-,19+/m1/s1. The minimum atomic E-state index is -0.0548. The van der Waals surface area contributed by atoms with Crippen LogP contribution in [0.1, 0.15) is 50.6 Å². The molecule has 0 radical (unpaired) electrons. The van der Waals surface area contributed by atoms with Gasteiger partial charge in [0.2, 0.25) is 0 Å². The number of rotatable bonds is 8. The van der Waals surface area contributed by atoms with Crippen molar-refractivity contribution in [3.8, 4) is 0 Å². The molecule has 1 aromatic rings. The Morgan fingerprint density at radius 2 is 1.87 bits per heavy atom. The van der Waals surface area contributed by atoms with E-state index in [0.29, 0.717) is 27.1 Å². The van der Waals surface area contributed by atoms with Crippen LogP contribution in [0.2, 0.25) is 5.32 Å². The summed E-state index contributed by atoms with van der Waals surface area (Å²) in [6.07, 6.45) is 6.70. The summed E-state index contributed by atoms with van der Waals surface area (Å²) in [5.41, 5.74) is 1.44. The van der Waals surface area contributed by atoms with Crippen molar-refractivity contribution < 1.29 is 9.47 Å². The fourth-order valence-electron chi connectivity index (χ4n) is 2.97. The van der Waals surface area contributed by atoms with Crippen LogP contribution in [0.15, 0.2) is 24.3 Å². The molecule has 23 heavy (non-hydrogen) atoms. The van der Waals surface area contributed by atoms with Gasteiger partial charge in [0.15, 0.2) is 0 Å². The number of hydrogen-bond acceptors (Lipinski definition) is 3. The van der Waals surface area contributed by atoms with Crippen molar-refractivity contribution in [2.24, 2.45) is 0 Å². The van der Waals surface area contributed by atoms with Gasteiger partial charge in [0.05, 0.1) is 0 Å². The molecule has 1 aliphatic rings. The van der Waals surface area contributed by atoms with Gasteiger partial charge in [-0.05, 0) is 0 Å². The minimum absolute atomic E-state index is 0.0548. The summed E-state index contributed by atoms with van der Waals surface area (Å²) in [7, 11) is 6.05. The Labute approximate surface area is 147 Å². The monoisotopic (exact) mass is 385 g/mol. The summed E-state index contributed by atoms with van der Waals surface area (Å²) >= 11 is 0.371. The van der Waals surface area contributed by atoms with Crippen molar-refractivity contribution in [2.75, 3.05) is 21.2 Å². The SMILES string of the molecule is CO[C@H](C[Se]c1ccccc1[C@@H](C)N(C)C)OC1CCCCC1. The van der Waals surface area contributed by atoms with Crippen LogP contribution >= 0.6 is 0 Å². The third-order valence-corrected chi connectivity index (χ3v) is 7.03. The van der Waals surface area contributed by atoms with Gasteiger partial charge in [-0.15, -0.1) is 0 Å². The van der Waals surface area contributed by atoms with Crippen LogP contribution in [0.3, 0.4) is 0 Å². The zero-order chi connectivity index (χ0) is 16.7. The maximum absolute atomic E-state index is 6.19. The predicted molar refractivity (Wildman–Crippen MR) is 97.5 cm³/mol. The fourth-order valence-corrected chi connectivity index (χ4v) is 5.30. The van der Waals surface area contributed by atoms with Crippen LogP contribution in [0, 0.1) is 0 Å². The molecule has 1 fully saturated rings. The summed E-state index contributed by atoms with van der Waals surface area (Å²) in [6.45, 7) is 2.27. The van der Waals surface area contributed by atoms with Gasteiger partial charge in [0, 0.05) is 0 Å². The van der Waals surface area contributed by atoms with Crippen LogP contribution in [0.4, 0.5) is 0 Å². The van der Waals surface area contributed by atoms with Crippen LogP contribution in [-0.2, 0) is 9.47 Å². The number of nitrogens with zero attached hydrogens (tertiary/aromatic N) is 1. The first-order valence-corrected chi connectivity index (χ1v) is 10.7. The van der Waals surface area contributed by atoms with E-state index in [-0.39, 0.29) is 6.29 Å². The van der Waals surface area contributed by atoms with E-state index in [0.717, 1.165) is 5.32 Å². The Balaban J connectivity index is 1.93. The molecule has 0 aromatic heterocycles. The van der Waals surface area contributed by atoms with E-state index in [1.807, 2.05) is 0 Å². The summed E-state index contributed by atoms with van der Waals surface area (Å²) in [6, 6.07) is 9.25. The second-order valence-corrected chi connectivity index (χ2v) is 8.78. The van der Waals surface area contributed by atoms with E-state index in [4.69, 9.17) is 9.47 Å². The summed E-state index contributed by atoms with van der Waals surface area (Å²) in [5, 5.41) is 0.983. The van der Waals surface area contributed by atoms with Crippen LogP contribution in [0.5, 0.6) is 0 Å². The van der Waals surface area contributed by atoms with Gasteiger partial charge >= 0.3 is 148 Å². The van der Waals surface area contributed by atoms with E-state index in [9.17, 15) is 0 Å². The van der Waals surface area contributed by atoms with E-state index in [2.05, 4.69) is 50.2 Å². The molecule has 0 spiro atoms. The van der Waals surface area contributed by atoms with Crippen molar-refractivity contribution in [1.29, 1.82) is 0 Å². The molecule has 0 unspecified atom stereocenters. The second-order valence-electron chi connectivity index (χ2n) is 6.55. The number of benzene rings is 1. The molecule has 1 saturated carbocycles. The van der Waals surface area contributed by atoms with Gasteiger partial charge < -0.3 is 0 Å². The van der Waals surface area contributed by atoms with Crippen LogP contribution in [-0.4, -0.2) is 53.5 Å². The normalized spacial score (nSPS) is 19.0. The van der Waals surface area contributed by atoms with E-state index in [1.165, 1.54) is 42.1 Å². The maximum atomic E-state index is 6.19. The average molecular weight is 384 g/mol. The van der Waals surface area contributed by atoms with Gasteiger partial charge in [-0.25, -0.2) is 0 Å². The van der Waals surface area contributed by atoms with Crippen molar-refractivity contribution in [2.45, 2.75) is 62.8 Å². The second kappa shape index (κ2) is 9.80. The first-order valence-electron chi connectivity index (χ1n) is 8.68. The van der Waals surface area contributed by atoms with Crippen molar-refractivity contribution in [3.63, 3.8) is 0 Å². The van der Waals surface area contributed by atoms with Crippen molar-refractivity contribution >= 4 is 19.4 Å². The van der Waals surface area contributed by atoms with Gasteiger partial charge in [-0.1, -0.05) is 0 Å². The third-order valence-electron chi connectivity index (χ3n) is 4.68. The molecule has 4 heteroatoms. The Kier molecular flexibility index (Phi) is 8.08. The Hall–Kier alpha value is -0.381. The molecule has 0 N–H and O–H groups in total. The van der Waals surface area contributed by atoms with Crippen molar-refractivity contribution in [1.82, 2.24) is 4.90 Å². The summed E-state index contributed by atoms with van der Waals surface area (Å²) < 4.78 is 13.3.